The number of benzene rings is 1. The Labute approximate surface area is 102 Å². The predicted molar refractivity (Wildman–Crippen MR) is 67.6 cm³/mol. The monoisotopic (exact) mass is 230 g/mol. The van der Waals surface area contributed by atoms with Gasteiger partial charge in [0, 0.05) is 12.6 Å². The molecule has 2 aromatic rings. The molecule has 17 heavy (non-hydrogen) atoms. The lowest BCUT2D eigenvalue weighted by molar-refractivity contribution is 0.369. The average Bonchev–Trinajstić information content (AvgIpc) is 2.76. The van der Waals surface area contributed by atoms with Crippen LogP contribution in [0.15, 0.2) is 34.9 Å². The van der Waals surface area contributed by atoms with Gasteiger partial charge in [0.1, 0.15) is 0 Å². The quantitative estimate of drug-likeness (QED) is 0.858. The molecule has 0 radical (unpaired) electrons. The Bertz CT molecular complexity index is 459. The van der Waals surface area contributed by atoms with Gasteiger partial charge >= 0.3 is 0 Å². The van der Waals surface area contributed by atoms with E-state index in [1.54, 1.807) is 0 Å². The molecule has 0 saturated carbocycles. The molecule has 0 aliphatic carbocycles. The van der Waals surface area contributed by atoms with E-state index in [1.807, 2.05) is 13.0 Å². The van der Waals surface area contributed by atoms with E-state index in [2.05, 4.69) is 41.7 Å². The first-order valence-corrected chi connectivity index (χ1v) is 5.98. The third-order valence-electron chi connectivity index (χ3n) is 2.74. The molecule has 2 rings (SSSR count). The molecule has 1 heterocycles. The summed E-state index contributed by atoms with van der Waals surface area (Å²) < 4.78 is 5.13. The fourth-order valence-electron chi connectivity index (χ4n) is 1.72. The van der Waals surface area contributed by atoms with Crippen LogP contribution in [0.4, 0.5) is 0 Å². The number of aryl methyl sites for hydroxylation is 2. The van der Waals surface area contributed by atoms with Crippen LogP contribution in [0.5, 0.6) is 0 Å². The minimum Gasteiger partial charge on any atom is -0.360 e. The minimum absolute atomic E-state index is 0.719. The number of rotatable bonds is 5. The van der Waals surface area contributed by atoms with Gasteiger partial charge in [-0.2, -0.15) is 0 Å². The molecular weight excluding hydrogens is 212 g/mol. The van der Waals surface area contributed by atoms with Crippen LogP contribution < -0.4 is 5.32 Å². The van der Waals surface area contributed by atoms with Gasteiger partial charge in [-0.15, -0.1) is 0 Å². The Morgan fingerprint density at radius 3 is 2.41 bits per heavy atom. The second kappa shape index (κ2) is 5.64. The molecular formula is C14H18N2O. The normalized spacial score (nSPS) is 10.7. The number of nitrogens with one attached hydrogen (secondary N) is 1. The van der Waals surface area contributed by atoms with Crippen LogP contribution in [-0.2, 0) is 19.5 Å². The molecule has 90 valence electrons. The van der Waals surface area contributed by atoms with Gasteiger partial charge in [0.15, 0.2) is 5.76 Å². The van der Waals surface area contributed by atoms with E-state index in [1.165, 1.54) is 11.1 Å². The van der Waals surface area contributed by atoms with Crippen molar-refractivity contribution in [3.8, 4) is 0 Å². The molecule has 0 spiro atoms. The summed E-state index contributed by atoms with van der Waals surface area (Å²) in [5.41, 5.74) is 3.59. The highest BCUT2D eigenvalue weighted by Gasteiger charge is 1.99. The molecule has 0 bridgehead atoms. The van der Waals surface area contributed by atoms with Crippen LogP contribution >= 0.6 is 0 Å². The topological polar surface area (TPSA) is 38.1 Å². The molecule has 1 aromatic heterocycles. The summed E-state index contributed by atoms with van der Waals surface area (Å²) in [5, 5.41) is 7.18. The summed E-state index contributed by atoms with van der Waals surface area (Å²) in [6.07, 6.45) is 1.09. The van der Waals surface area contributed by atoms with E-state index in [9.17, 15) is 0 Å². The van der Waals surface area contributed by atoms with Crippen molar-refractivity contribution in [2.45, 2.75) is 33.4 Å². The van der Waals surface area contributed by atoms with E-state index in [0.29, 0.717) is 0 Å². The average molecular weight is 230 g/mol. The smallest absolute Gasteiger partial charge is 0.150 e. The van der Waals surface area contributed by atoms with Gasteiger partial charge in [-0.3, -0.25) is 0 Å². The van der Waals surface area contributed by atoms with Crippen LogP contribution in [0.25, 0.3) is 0 Å². The fourth-order valence-corrected chi connectivity index (χ4v) is 1.72. The highest BCUT2D eigenvalue weighted by Crippen LogP contribution is 2.06. The third-order valence-corrected chi connectivity index (χ3v) is 2.74. The highest BCUT2D eigenvalue weighted by molar-refractivity contribution is 5.22. The first-order chi connectivity index (χ1) is 8.28. The van der Waals surface area contributed by atoms with E-state index < -0.39 is 0 Å². The maximum absolute atomic E-state index is 5.13. The van der Waals surface area contributed by atoms with E-state index >= 15 is 0 Å². The molecule has 3 heteroatoms. The lowest BCUT2D eigenvalue weighted by Crippen LogP contribution is -2.12. The second-order valence-corrected chi connectivity index (χ2v) is 4.21. The van der Waals surface area contributed by atoms with Crippen molar-refractivity contribution < 1.29 is 4.52 Å². The first kappa shape index (κ1) is 11.9. The maximum atomic E-state index is 5.13. The van der Waals surface area contributed by atoms with E-state index in [-0.39, 0.29) is 0 Å². The van der Waals surface area contributed by atoms with Gasteiger partial charge < -0.3 is 9.84 Å². The SMILES string of the molecule is CCc1ccc(CNCc2cc(C)no2)cc1. The number of aromatic nitrogens is 1. The molecule has 0 atom stereocenters. The van der Waals surface area contributed by atoms with Crippen molar-refractivity contribution in [1.29, 1.82) is 0 Å². The molecule has 3 nitrogen and oxygen atoms in total. The van der Waals surface area contributed by atoms with E-state index in [0.717, 1.165) is 31.0 Å². The summed E-state index contributed by atoms with van der Waals surface area (Å²) in [7, 11) is 0. The Morgan fingerprint density at radius 1 is 1.12 bits per heavy atom. The predicted octanol–water partition coefficient (Wildman–Crippen LogP) is 2.84. The molecule has 0 unspecified atom stereocenters. The van der Waals surface area contributed by atoms with Gasteiger partial charge in [0.25, 0.3) is 0 Å². The molecule has 0 fully saturated rings. The van der Waals surface area contributed by atoms with Crippen LogP contribution in [0, 0.1) is 6.92 Å². The van der Waals surface area contributed by atoms with Gasteiger partial charge in [-0.1, -0.05) is 36.3 Å². The first-order valence-electron chi connectivity index (χ1n) is 5.98. The zero-order valence-corrected chi connectivity index (χ0v) is 10.4. The standard InChI is InChI=1S/C14H18N2O/c1-3-12-4-6-13(7-5-12)9-15-10-14-8-11(2)16-17-14/h4-8,15H,3,9-10H2,1-2H3. The fraction of sp³-hybridized carbons (Fsp3) is 0.357. The zero-order chi connectivity index (χ0) is 12.1. The van der Waals surface area contributed by atoms with Gasteiger partial charge in [0.2, 0.25) is 0 Å². The van der Waals surface area contributed by atoms with Crippen LogP contribution in [-0.4, -0.2) is 5.16 Å². The summed E-state index contributed by atoms with van der Waals surface area (Å²) >= 11 is 0. The van der Waals surface area contributed by atoms with Crippen molar-refractivity contribution >= 4 is 0 Å². The number of hydrogen-bond donors (Lipinski definition) is 1. The van der Waals surface area contributed by atoms with Crippen LogP contribution in [0.1, 0.15) is 29.5 Å². The molecule has 0 saturated heterocycles. The summed E-state index contributed by atoms with van der Waals surface area (Å²) in [6.45, 7) is 5.66. The van der Waals surface area contributed by atoms with Crippen molar-refractivity contribution in [2.75, 3.05) is 0 Å². The number of hydrogen-bond acceptors (Lipinski definition) is 3. The molecule has 0 amide bonds. The highest BCUT2D eigenvalue weighted by atomic mass is 16.5. The van der Waals surface area contributed by atoms with Crippen LogP contribution in [0.2, 0.25) is 0 Å². The largest absolute Gasteiger partial charge is 0.360 e. The Kier molecular flexibility index (Phi) is 3.94. The summed E-state index contributed by atoms with van der Waals surface area (Å²) in [4.78, 5) is 0. The molecule has 1 aromatic carbocycles. The van der Waals surface area contributed by atoms with Crippen LogP contribution in [0.3, 0.4) is 0 Å². The van der Waals surface area contributed by atoms with Crippen molar-refractivity contribution in [3.63, 3.8) is 0 Å². The van der Waals surface area contributed by atoms with Gasteiger partial charge in [-0.25, -0.2) is 0 Å². The Hall–Kier alpha value is -1.61. The molecule has 0 aliphatic heterocycles. The summed E-state index contributed by atoms with van der Waals surface area (Å²) in [5.74, 6) is 0.882. The van der Waals surface area contributed by atoms with Gasteiger partial charge in [0.05, 0.1) is 12.2 Å². The summed E-state index contributed by atoms with van der Waals surface area (Å²) in [6, 6.07) is 10.6. The lowest BCUT2D eigenvalue weighted by Gasteiger charge is -2.03. The lowest BCUT2D eigenvalue weighted by atomic mass is 10.1. The van der Waals surface area contributed by atoms with E-state index in [4.69, 9.17) is 4.52 Å². The maximum Gasteiger partial charge on any atom is 0.150 e. The van der Waals surface area contributed by atoms with Crippen molar-refractivity contribution in [2.24, 2.45) is 0 Å². The van der Waals surface area contributed by atoms with Crippen molar-refractivity contribution in [1.82, 2.24) is 10.5 Å². The molecule has 1 N–H and O–H groups in total. The minimum atomic E-state index is 0.719. The second-order valence-electron chi connectivity index (χ2n) is 4.21. The zero-order valence-electron chi connectivity index (χ0n) is 10.4. The number of nitrogens with zero attached hydrogens (tertiary/aromatic N) is 1. The third kappa shape index (κ3) is 3.43. The van der Waals surface area contributed by atoms with Crippen molar-refractivity contribution in [3.05, 3.63) is 52.9 Å². The Morgan fingerprint density at radius 2 is 1.82 bits per heavy atom. The Balaban J connectivity index is 1.81. The molecule has 0 aliphatic rings. The van der Waals surface area contributed by atoms with Gasteiger partial charge in [-0.05, 0) is 24.5 Å².